The summed E-state index contributed by atoms with van der Waals surface area (Å²) in [7, 11) is 0. The van der Waals surface area contributed by atoms with Crippen LogP contribution in [0.1, 0.15) is 29.0 Å². The monoisotopic (exact) mass is 418 g/mol. The summed E-state index contributed by atoms with van der Waals surface area (Å²) in [6, 6.07) is 12.1. The van der Waals surface area contributed by atoms with Crippen LogP contribution in [-0.4, -0.2) is 49.5 Å². The van der Waals surface area contributed by atoms with Crippen molar-refractivity contribution in [1.82, 2.24) is 19.7 Å². The van der Waals surface area contributed by atoms with Crippen LogP contribution >= 0.6 is 0 Å². The first-order valence-electron chi connectivity index (χ1n) is 10.2. The Balaban J connectivity index is 1.38. The highest BCUT2D eigenvalue weighted by molar-refractivity contribution is 6.04. The van der Waals surface area contributed by atoms with Gasteiger partial charge in [-0.05, 0) is 43.9 Å². The first-order chi connectivity index (χ1) is 14.9. The summed E-state index contributed by atoms with van der Waals surface area (Å²) in [5.41, 5.74) is 7.04. The minimum Gasteiger partial charge on any atom is -0.364 e. The molecule has 1 saturated carbocycles. The minimum absolute atomic E-state index is 0.0660. The van der Waals surface area contributed by atoms with Crippen LogP contribution in [-0.2, 0) is 16.1 Å². The van der Waals surface area contributed by atoms with Crippen LogP contribution in [0.2, 0.25) is 0 Å². The van der Waals surface area contributed by atoms with E-state index in [0.29, 0.717) is 29.1 Å². The number of carbonyl (C=O) groups excluding carboxylic acids is 3. The Morgan fingerprint density at radius 3 is 2.71 bits per heavy atom. The lowest BCUT2D eigenvalue weighted by atomic mass is 10.1. The number of nitrogens with zero attached hydrogens (tertiary/aromatic N) is 4. The first-order valence-corrected chi connectivity index (χ1v) is 10.2. The van der Waals surface area contributed by atoms with Crippen LogP contribution in [0.3, 0.4) is 0 Å². The molecule has 3 aromatic rings. The van der Waals surface area contributed by atoms with E-state index in [4.69, 9.17) is 5.73 Å². The zero-order valence-corrected chi connectivity index (χ0v) is 17.0. The molecule has 9 heteroatoms. The number of hydrogen-bond donors (Lipinski definition) is 2. The Morgan fingerprint density at radius 2 is 1.94 bits per heavy atom. The fourth-order valence-electron chi connectivity index (χ4n) is 4.51. The highest BCUT2D eigenvalue weighted by atomic mass is 16.2. The van der Waals surface area contributed by atoms with Crippen molar-refractivity contribution in [3.8, 4) is 0 Å². The van der Waals surface area contributed by atoms with Crippen molar-refractivity contribution in [2.75, 3.05) is 5.32 Å². The largest absolute Gasteiger partial charge is 0.364 e. The Morgan fingerprint density at radius 1 is 1.13 bits per heavy atom. The van der Waals surface area contributed by atoms with Gasteiger partial charge in [0.15, 0.2) is 5.69 Å². The fraction of sp³-hybridized carbons (Fsp3) is 0.318. The minimum atomic E-state index is -0.645. The number of aryl methyl sites for hydroxylation is 1. The van der Waals surface area contributed by atoms with E-state index in [1.54, 1.807) is 29.2 Å². The highest BCUT2D eigenvalue weighted by Gasteiger charge is 2.56. The number of para-hydroxylation sites is 1. The molecule has 1 aliphatic carbocycles. The van der Waals surface area contributed by atoms with Crippen LogP contribution in [0.15, 0.2) is 42.5 Å². The first kappa shape index (κ1) is 19.2. The Labute approximate surface area is 178 Å². The van der Waals surface area contributed by atoms with Gasteiger partial charge in [0, 0.05) is 17.1 Å². The summed E-state index contributed by atoms with van der Waals surface area (Å²) in [5.74, 6) is -0.259. The second kappa shape index (κ2) is 7.19. The lowest BCUT2D eigenvalue weighted by Crippen LogP contribution is -2.46. The van der Waals surface area contributed by atoms with Gasteiger partial charge in [-0.15, -0.1) is 0 Å². The van der Waals surface area contributed by atoms with Crippen molar-refractivity contribution in [1.29, 1.82) is 0 Å². The number of likely N-dealkylation sites (tertiary alicyclic amines) is 1. The van der Waals surface area contributed by atoms with E-state index in [2.05, 4.69) is 15.4 Å². The Kier molecular flexibility index (Phi) is 4.46. The summed E-state index contributed by atoms with van der Waals surface area (Å²) in [6.45, 7) is 1.79. The number of hydrogen-bond acceptors (Lipinski definition) is 5. The number of piperidine rings is 1. The maximum Gasteiger partial charge on any atom is 0.269 e. The van der Waals surface area contributed by atoms with Gasteiger partial charge in [-0.25, -0.2) is 4.98 Å². The SMILES string of the molecule is Cc1cccc(NC(=O)[C@@H]2C[C@H]3C[C@H]3N2C(=O)Cn2nc(C(N)=O)c3ccccc32)n1. The van der Waals surface area contributed by atoms with Gasteiger partial charge in [-0.1, -0.05) is 24.3 Å². The quantitative estimate of drug-likeness (QED) is 0.649. The number of anilines is 1. The number of fused-ring (bicyclic) bond motifs is 2. The normalized spacial score (nSPS) is 21.7. The maximum absolute atomic E-state index is 13.2. The van der Waals surface area contributed by atoms with Gasteiger partial charge >= 0.3 is 0 Å². The Hall–Kier alpha value is -3.75. The molecule has 0 bridgehead atoms. The molecule has 3 amide bonds. The molecule has 0 unspecified atom stereocenters. The van der Waals surface area contributed by atoms with E-state index in [0.717, 1.165) is 12.1 Å². The molecule has 3 N–H and O–H groups in total. The van der Waals surface area contributed by atoms with Gasteiger partial charge in [0.25, 0.3) is 5.91 Å². The summed E-state index contributed by atoms with van der Waals surface area (Å²) >= 11 is 0. The predicted octanol–water partition coefficient (Wildman–Crippen LogP) is 1.47. The van der Waals surface area contributed by atoms with E-state index in [-0.39, 0.29) is 30.1 Å². The van der Waals surface area contributed by atoms with Crippen LogP contribution in [0.25, 0.3) is 10.9 Å². The molecule has 2 fully saturated rings. The number of nitrogens with two attached hydrogens (primary N) is 1. The number of pyridine rings is 1. The zero-order valence-electron chi connectivity index (χ0n) is 17.0. The van der Waals surface area contributed by atoms with E-state index in [1.807, 2.05) is 25.1 Å². The third-order valence-electron chi connectivity index (χ3n) is 6.01. The van der Waals surface area contributed by atoms with Crippen molar-refractivity contribution in [2.24, 2.45) is 11.7 Å². The summed E-state index contributed by atoms with van der Waals surface area (Å²) in [6.07, 6.45) is 1.55. The van der Waals surface area contributed by atoms with Crippen LogP contribution in [0.5, 0.6) is 0 Å². The second-order valence-electron chi connectivity index (χ2n) is 8.16. The summed E-state index contributed by atoms with van der Waals surface area (Å²) < 4.78 is 1.49. The summed E-state index contributed by atoms with van der Waals surface area (Å²) in [4.78, 5) is 43.9. The van der Waals surface area contributed by atoms with Crippen molar-refractivity contribution >= 4 is 34.4 Å². The van der Waals surface area contributed by atoms with Gasteiger partial charge < -0.3 is 16.0 Å². The number of carbonyl (C=O) groups is 3. The highest BCUT2D eigenvalue weighted by Crippen LogP contribution is 2.48. The average molecular weight is 418 g/mol. The van der Waals surface area contributed by atoms with Crippen LogP contribution in [0.4, 0.5) is 5.82 Å². The Bertz CT molecular complexity index is 1220. The van der Waals surface area contributed by atoms with Gasteiger partial charge in [-0.2, -0.15) is 5.10 Å². The summed E-state index contributed by atoms with van der Waals surface area (Å²) in [5, 5.41) is 7.71. The van der Waals surface area contributed by atoms with E-state index in [1.165, 1.54) is 4.68 Å². The van der Waals surface area contributed by atoms with Crippen LogP contribution in [0, 0.1) is 12.8 Å². The number of aromatic nitrogens is 3. The molecular formula is C22H22N6O3. The smallest absolute Gasteiger partial charge is 0.269 e. The molecule has 5 rings (SSSR count). The standard InChI is InChI=1S/C22H22N6O3/c1-12-5-4-8-18(24-12)25-22(31)17-10-13-9-16(13)28(17)19(29)11-27-15-7-3-2-6-14(15)20(26-27)21(23)30/h2-8,13,16-17H,9-11H2,1H3,(H2,23,30)(H,24,25,31)/t13-,16-,17+/m1/s1. The average Bonchev–Trinajstić information content (AvgIpc) is 3.24. The molecule has 3 atom stereocenters. The number of primary amides is 1. The molecular weight excluding hydrogens is 396 g/mol. The molecule has 2 aromatic heterocycles. The lowest BCUT2D eigenvalue weighted by molar-refractivity contribution is -0.138. The number of rotatable bonds is 5. The van der Waals surface area contributed by atoms with Crippen molar-refractivity contribution in [2.45, 2.75) is 38.4 Å². The number of benzene rings is 1. The molecule has 2 aliphatic rings. The molecule has 0 radical (unpaired) electrons. The van der Waals surface area contributed by atoms with Gasteiger partial charge in [0.1, 0.15) is 18.4 Å². The lowest BCUT2D eigenvalue weighted by Gasteiger charge is -2.26. The van der Waals surface area contributed by atoms with Gasteiger partial charge in [0.2, 0.25) is 11.8 Å². The van der Waals surface area contributed by atoms with Crippen LogP contribution < -0.4 is 11.1 Å². The molecule has 158 valence electrons. The number of nitrogens with one attached hydrogen (secondary N) is 1. The third-order valence-corrected chi connectivity index (χ3v) is 6.01. The predicted molar refractivity (Wildman–Crippen MR) is 113 cm³/mol. The van der Waals surface area contributed by atoms with Crippen molar-refractivity contribution in [3.63, 3.8) is 0 Å². The van der Waals surface area contributed by atoms with Gasteiger partial charge in [-0.3, -0.25) is 19.1 Å². The topological polar surface area (TPSA) is 123 Å². The molecule has 0 spiro atoms. The van der Waals surface area contributed by atoms with Crippen molar-refractivity contribution in [3.05, 3.63) is 53.9 Å². The van der Waals surface area contributed by atoms with Crippen molar-refractivity contribution < 1.29 is 14.4 Å². The molecule has 1 aromatic carbocycles. The second-order valence-corrected chi connectivity index (χ2v) is 8.16. The molecule has 1 aliphatic heterocycles. The maximum atomic E-state index is 13.2. The molecule has 1 saturated heterocycles. The van der Waals surface area contributed by atoms with Gasteiger partial charge in [0.05, 0.1) is 5.52 Å². The zero-order chi connectivity index (χ0) is 21.7. The van der Waals surface area contributed by atoms with E-state index >= 15 is 0 Å². The van der Waals surface area contributed by atoms with E-state index in [9.17, 15) is 14.4 Å². The third kappa shape index (κ3) is 3.41. The number of amides is 3. The molecule has 3 heterocycles. The molecule has 31 heavy (non-hydrogen) atoms. The molecule has 9 nitrogen and oxygen atoms in total. The fourth-order valence-corrected chi connectivity index (χ4v) is 4.51. The van der Waals surface area contributed by atoms with E-state index < -0.39 is 11.9 Å².